The molecular weight excluding hydrogens is 226 g/mol. The molecule has 96 valence electrons. The second-order valence-electron chi connectivity index (χ2n) is 4.73. The number of nitrogens with zero attached hydrogens (tertiary/aromatic N) is 1. The van der Waals surface area contributed by atoms with E-state index in [4.69, 9.17) is 4.74 Å². The van der Waals surface area contributed by atoms with E-state index in [9.17, 15) is 8.42 Å². The molecule has 1 aliphatic rings. The molecule has 1 aliphatic heterocycles. The fraction of sp³-hybridized carbons (Fsp3) is 1.00. The molecule has 0 amide bonds. The van der Waals surface area contributed by atoms with Crippen LogP contribution in [0.1, 0.15) is 39.5 Å². The van der Waals surface area contributed by atoms with E-state index >= 15 is 0 Å². The van der Waals surface area contributed by atoms with Crippen LogP contribution < -0.4 is 0 Å². The zero-order valence-corrected chi connectivity index (χ0v) is 11.3. The van der Waals surface area contributed by atoms with Crippen molar-refractivity contribution in [2.24, 2.45) is 0 Å². The molecule has 0 bridgehead atoms. The molecule has 0 spiro atoms. The molecule has 0 aliphatic carbocycles. The van der Waals surface area contributed by atoms with Gasteiger partial charge in [0, 0.05) is 19.2 Å². The average molecular weight is 249 g/mol. The van der Waals surface area contributed by atoms with Crippen LogP contribution in [0.2, 0.25) is 0 Å². The summed E-state index contributed by atoms with van der Waals surface area (Å²) in [6.45, 7) is 5.31. The molecule has 0 aromatic carbocycles. The SMILES string of the molecule is CC(C)OCC[C@H]1CCCCN1S(C)(=O)=O. The van der Waals surface area contributed by atoms with Gasteiger partial charge in [-0.3, -0.25) is 0 Å². The molecule has 0 unspecified atom stereocenters. The van der Waals surface area contributed by atoms with Gasteiger partial charge in [-0.05, 0) is 33.1 Å². The van der Waals surface area contributed by atoms with Crippen molar-refractivity contribution in [3.05, 3.63) is 0 Å². The minimum absolute atomic E-state index is 0.141. The standard InChI is InChI=1S/C11H23NO3S/c1-10(2)15-9-7-11-6-4-5-8-12(11)16(3,13)14/h10-11H,4-9H2,1-3H3/t11-/m1/s1. The first-order chi connectivity index (χ1) is 7.41. The Morgan fingerprint density at radius 2 is 2.06 bits per heavy atom. The van der Waals surface area contributed by atoms with Crippen molar-refractivity contribution < 1.29 is 13.2 Å². The van der Waals surface area contributed by atoms with Crippen LogP contribution in [-0.4, -0.2) is 44.3 Å². The molecule has 0 saturated carbocycles. The Labute approximate surface area is 99.0 Å². The molecule has 0 N–H and O–H groups in total. The van der Waals surface area contributed by atoms with Crippen molar-refractivity contribution in [3.63, 3.8) is 0 Å². The highest BCUT2D eigenvalue weighted by Gasteiger charge is 2.28. The quantitative estimate of drug-likeness (QED) is 0.744. The third kappa shape index (κ3) is 4.39. The Kier molecular flexibility index (Phi) is 5.21. The van der Waals surface area contributed by atoms with Gasteiger partial charge in [-0.1, -0.05) is 6.42 Å². The van der Waals surface area contributed by atoms with Crippen LogP contribution in [0.15, 0.2) is 0 Å². The molecular formula is C11H23NO3S. The summed E-state index contributed by atoms with van der Waals surface area (Å²) in [7, 11) is -3.05. The number of hydrogen-bond donors (Lipinski definition) is 0. The van der Waals surface area contributed by atoms with Crippen molar-refractivity contribution in [2.45, 2.75) is 51.7 Å². The summed E-state index contributed by atoms with van der Waals surface area (Å²) in [5, 5.41) is 0. The first-order valence-corrected chi connectivity index (χ1v) is 7.84. The summed E-state index contributed by atoms with van der Waals surface area (Å²) in [6.07, 6.45) is 5.40. The van der Waals surface area contributed by atoms with E-state index in [1.165, 1.54) is 6.26 Å². The van der Waals surface area contributed by atoms with E-state index in [0.717, 1.165) is 25.7 Å². The zero-order valence-electron chi connectivity index (χ0n) is 10.5. The Balaban J connectivity index is 2.48. The van der Waals surface area contributed by atoms with Gasteiger partial charge in [0.05, 0.1) is 12.4 Å². The predicted octanol–water partition coefficient (Wildman–Crippen LogP) is 1.62. The minimum Gasteiger partial charge on any atom is -0.379 e. The summed E-state index contributed by atoms with van der Waals surface area (Å²) in [5.41, 5.74) is 0. The summed E-state index contributed by atoms with van der Waals surface area (Å²) in [6, 6.07) is 0.141. The second-order valence-corrected chi connectivity index (χ2v) is 6.67. The number of sulfonamides is 1. The molecule has 5 heteroatoms. The lowest BCUT2D eigenvalue weighted by atomic mass is 10.0. The molecule has 0 radical (unpaired) electrons. The predicted molar refractivity (Wildman–Crippen MR) is 64.9 cm³/mol. The lowest BCUT2D eigenvalue weighted by Gasteiger charge is -2.33. The van der Waals surface area contributed by atoms with Gasteiger partial charge in [0.15, 0.2) is 0 Å². The van der Waals surface area contributed by atoms with Crippen LogP contribution in [0.5, 0.6) is 0 Å². The first kappa shape index (κ1) is 13.9. The summed E-state index contributed by atoms with van der Waals surface area (Å²) >= 11 is 0. The molecule has 4 nitrogen and oxygen atoms in total. The summed E-state index contributed by atoms with van der Waals surface area (Å²) in [4.78, 5) is 0. The van der Waals surface area contributed by atoms with Crippen LogP contribution in [0.25, 0.3) is 0 Å². The molecule has 1 heterocycles. The Bertz CT molecular complexity index is 300. The maximum atomic E-state index is 11.6. The second kappa shape index (κ2) is 5.98. The maximum Gasteiger partial charge on any atom is 0.211 e. The normalized spacial score (nSPS) is 23.9. The Hall–Kier alpha value is -0.130. The topological polar surface area (TPSA) is 46.6 Å². The van der Waals surface area contributed by atoms with Crippen LogP contribution >= 0.6 is 0 Å². The van der Waals surface area contributed by atoms with Gasteiger partial charge in [-0.2, -0.15) is 4.31 Å². The Morgan fingerprint density at radius 1 is 1.38 bits per heavy atom. The summed E-state index contributed by atoms with van der Waals surface area (Å²) in [5.74, 6) is 0. The van der Waals surface area contributed by atoms with E-state index in [1.807, 2.05) is 13.8 Å². The van der Waals surface area contributed by atoms with Gasteiger partial charge in [-0.25, -0.2) is 8.42 Å². The fourth-order valence-corrected chi connectivity index (χ4v) is 3.35. The third-order valence-corrected chi connectivity index (χ3v) is 4.23. The largest absolute Gasteiger partial charge is 0.379 e. The highest BCUT2D eigenvalue weighted by molar-refractivity contribution is 7.88. The van der Waals surface area contributed by atoms with Gasteiger partial charge in [0.2, 0.25) is 10.0 Å². The van der Waals surface area contributed by atoms with Crippen LogP contribution in [0.3, 0.4) is 0 Å². The number of ether oxygens (including phenoxy) is 1. The van der Waals surface area contributed by atoms with Crippen LogP contribution in [0, 0.1) is 0 Å². The molecule has 0 aromatic rings. The van der Waals surface area contributed by atoms with Gasteiger partial charge in [-0.15, -0.1) is 0 Å². The van der Waals surface area contributed by atoms with Crippen molar-refractivity contribution in [1.82, 2.24) is 4.31 Å². The van der Waals surface area contributed by atoms with E-state index < -0.39 is 10.0 Å². The number of piperidine rings is 1. The average Bonchev–Trinajstić information content (AvgIpc) is 2.16. The molecule has 1 fully saturated rings. The third-order valence-electron chi connectivity index (χ3n) is 2.90. The molecule has 1 saturated heterocycles. The monoisotopic (exact) mass is 249 g/mol. The van der Waals surface area contributed by atoms with Crippen molar-refractivity contribution in [2.75, 3.05) is 19.4 Å². The molecule has 16 heavy (non-hydrogen) atoms. The number of rotatable bonds is 5. The highest BCUT2D eigenvalue weighted by Crippen LogP contribution is 2.22. The van der Waals surface area contributed by atoms with Gasteiger partial charge in [0.1, 0.15) is 0 Å². The smallest absolute Gasteiger partial charge is 0.211 e. The first-order valence-electron chi connectivity index (χ1n) is 5.99. The van der Waals surface area contributed by atoms with Gasteiger partial charge >= 0.3 is 0 Å². The zero-order chi connectivity index (χ0) is 12.2. The molecule has 1 rings (SSSR count). The molecule has 1 atom stereocenters. The van der Waals surface area contributed by atoms with Gasteiger partial charge in [0.25, 0.3) is 0 Å². The highest BCUT2D eigenvalue weighted by atomic mass is 32.2. The van der Waals surface area contributed by atoms with E-state index in [0.29, 0.717) is 13.2 Å². The minimum atomic E-state index is -3.05. The van der Waals surface area contributed by atoms with Crippen molar-refractivity contribution >= 4 is 10.0 Å². The van der Waals surface area contributed by atoms with Crippen molar-refractivity contribution in [3.8, 4) is 0 Å². The lowest BCUT2D eigenvalue weighted by Crippen LogP contribution is -2.43. The van der Waals surface area contributed by atoms with Crippen LogP contribution in [0.4, 0.5) is 0 Å². The van der Waals surface area contributed by atoms with Crippen LogP contribution in [-0.2, 0) is 14.8 Å². The van der Waals surface area contributed by atoms with E-state index in [2.05, 4.69) is 0 Å². The van der Waals surface area contributed by atoms with E-state index in [1.54, 1.807) is 4.31 Å². The van der Waals surface area contributed by atoms with Crippen molar-refractivity contribution in [1.29, 1.82) is 0 Å². The maximum absolute atomic E-state index is 11.6. The summed E-state index contributed by atoms with van der Waals surface area (Å²) < 4.78 is 30.3. The lowest BCUT2D eigenvalue weighted by molar-refractivity contribution is 0.0621. The Morgan fingerprint density at radius 3 is 2.62 bits per heavy atom. The molecule has 0 aromatic heterocycles. The fourth-order valence-electron chi connectivity index (χ4n) is 2.14. The van der Waals surface area contributed by atoms with E-state index in [-0.39, 0.29) is 12.1 Å². The van der Waals surface area contributed by atoms with Gasteiger partial charge < -0.3 is 4.74 Å². The number of hydrogen-bond acceptors (Lipinski definition) is 3.